The van der Waals surface area contributed by atoms with E-state index >= 15 is 0 Å². The van der Waals surface area contributed by atoms with E-state index in [1.807, 2.05) is 18.2 Å². The number of amides is 1. The number of hydrogen-bond donors (Lipinski definition) is 2. The Bertz CT molecular complexity index is 694. The molecule has 1 aromatic carbocycles. The summed E-state index contributed by atoms with van der Waals surface area (Å²) in [5.74, 6) is 0.690. The first-order chi connectivity index (χ1) is 9.24. The van der Waals surface area contributed by atoms with Gasteiger partial charge in [0.15, 0.2) is 0 Å². The van der Waals surface area contributed by atoms with E-state index in [0.29, 0.717) is 16.8 Å². The minimum Gasteiger partial charge on any atom is -0.493 e. The number of nitrogens with one attached hydrogen (secondary N) is 2. The van der Waals surface area contributed by atoms with Gasteiger partial charge in [-0.25, -0.2) is 0 Å². The van der Waals surface area contributed by atoms with Gasteiger partial charge in [-0.15, -0.1) is 0 Å². The monoisotopic (exact) mass is 272 g/mol. The Kier molecular flexibility index (Phi) is 3.05. The third kappa shape index (κ3) is 2.37. The van der Waals surface area contributed by atoms with Gasteiger partial charge in [-0.05, 0) is 35.9 Å². The summed E-state index contributed by atoms with van der Waals surface area (Å²) in [4.78, 5) is 14.9. The number of ether oxygens (including phenoxy) is 1. The van der Waals surface area contributed by atoms with Crippen LogP contribution < -0.4 is 10.1 Å². The molecule has 19 heavy (non-hydrogen) atoms. The van der Waals surface area contributed by atoms with E-state index in [9.17, 15) is 4.79 Å². The van der Waals surface area contributed by atoms with Crippen LogP contribution in [0.3, 0.4) is 0 Å². The Morgan fingerprint density at radius 2 is 2.26 bits per heavy atom. The van der Waals surface area contributed by atoms with Crippen molar-refractivity contribution in [3.8, 4) is 5.75 Å². The molecule has 0 saturated heterocycles. The molecule has 0 saturated carbocycles. The summed E-state index contributed by atoms with van der Waals surface area (Å²) in [5, 5.41) is 2.85. The summed E-state index contributed by atoms with van der Waals surface area (Å²) in [6, 6.07) is 9.10. The molecule has 5 heteroatoms. The van der Waals surface area contributed by atoms with Crippen LogP contribution in [0, 0.1) is 4.64 Å². The molecule has 2 heterocycles. The van der Waals surface area contributed by atoms with Crippen LogP contribution in [0.4, 0.5) is 5.69 Å². The molecule has 3 rings (SSSR count). The van der Waals surface area contributed by atoms with E-state index in [1.54, 1.807) is 18.3 Å². The molecule has 1 aromatic heterocycles. The molecule has 1 aliphatic rings. The number of H-pyrrole nitrogens is 1. The highest BCUT2D eigenvalue weighted by molar-refractivity contribution is 7.71. The number of fused-ring (bicyclic) bond motifs is 1. The number of aromatic nitrogens is 1. The fourth-order valence-electron chi connectivity index (χ4n) is 2.06. The predicted octanol–water partition coefficient (Wildman–Crippen LogP) is 2.93. The molecule has 4 nitrogen and oxygen atoms in total. The van der Waals surface area contributed by atoms with Crippen molar-refractivity contribution in [2.75, 3.05) is 11.9 Å². The standard InChI is InChI=1S/C14H12N2O2S/c17-13(11-2-1-6-15-14(11)19)16-10-3-4-12-9(8-10)5-7-18-12/h1-4,6,8H,5,7H2,(H,15,19)(H,16,17). The van der Waals surface area contributed by atoms with E-state index in [-0.39, 0.29) is 5.91 Å². The van der Waals surface area contributed by atoms with Gasteiger partial charge in [0.1, 0.15) is 10.4 Å². The molecule has 1 amide bonds. The third-order valence-corrected chi connectivity index (χ3v) is 3.35. The van der Waals surface area contributed by atoms with Gasteiger partial charge in [0.25, 0.3) is 5.91 Å². The Balaban J connectivity index is 1.84. The van der Waals surface area contributed by atoms with Crippen molar-refractivity contribution in [2.24, 2.45) is 0 Å². The molecule has 2 N–H and O–H groups in total. The summed E-state index contributed by atoms with van der Waals surface area (Å²) in [7, 11) is 0. The number of carbonyl (C=O) groups is 1. The number of rotatable bonds is 2. The maximum atomic E-state index is 12.1. The minimum atomic E-state index is -0.208. The fraction of sp³-hybridized carbons (Fsp3) is 0.143. The second-order valence-corrected chi connectivity index (χ2v) is 4.70. The van der Waals surface area contributed by atoms with E-state index in [1.165, 1.54) is 0 Å². The van der Waals surface area contributed by atoms with Crippen molar-refractivity contribution in [3.05, 3.63) is 52.3 Å². The quantitative estimate of drug-likeness (QED) is 0.826. The van der Waals surface area contributed by atoms with Crippen molar-refractivity contribution in [1.29, 1.82) is 0 Å². The zero-order chi connectivity index (χ0) is 13.2. The van der Waals surface area contributed by atoms with Gasteiger partial charge in [-0.3, -0.25) is 4.79 Å². The van der Waals surface area contributed by atoms with E-state index in [4.69, 9.17) is 17.0 Å². The largest absolute Gasteiger partial charge is 0.493 e. The van der Waals surface area contributed by atoms with Crippen molar-refractivity contribution in [3.63, 3.8) is 0 Å². The summed E-state index contributed by atoms with van der Waals surface area (Å²) in [6.07, 6.45) is 2.58. The highest BCUT2D eigenvalue weighted by Gasteiger charge is 2.13. The number of pyridine rings is 1. The molecule has 0 radical (unpaired) electrons. The number of hydrogen-bond acceptors (Lipinski definition) is 3. The maximum absolute atomic E-state index is 12.1. The van der Waals surface area contributed by atoms with Gasteiger partial charge >= 0.3 is 0 Å². The van der Waals surface area contributed by atoms with Crippen molar-refractivity contribution in [1.82, 2.24) is 4.98 Å². The summed E-state index contributed by atoms with van der Waals surface area (Å²) < 4.78 is 5.86. The number of benzene rings is 1. The van der Waals surface area contributed by atoms with Crippen LogP contribution >= 0.6 is 12.2 Å². The van der Waals surface area contributed by atoms with Crippen molar-refractivity contribution < 1.29 is 9.53 Å². The summed E-state index contributed by atoms with van der Waals surface area (Å²) in [6.45, 7) is 0.705. The molecule has 96 valence electrons. The van der Waals surface area contributed by atoms with Gasteiger partial charge in [0, 0.05) is 18.3 Å². The van der Waals surface area contributed by atoms with Crippen LogP contribution in [0.1, 0.15) is 15.9 Å². The van der Waals surface area contributed by atoms with Gasteiger partial charge in [0.05, 0.1) is 12.2 Å². The molecule has 0 atom stereocenters. The van der Waals surface area contributed by atoms with Crippen LogP contribution in [0.5, 0.6) is 5.75 Å². The topological polar surface area (TPSA) is 54.1 Å². The molecular weight excluding hydrogens is 260 g/mol. The molecule has 0 bridgehead atoms. The van der Waals surface area contributed by atoms with E-state index in [0.717, 1.165) is 23.4 Å². The lowest BCUT2D eigenvalue weighted by Gasteiger charge is -2.07. The Labute approximate surface area is 115 Å². The van der Waals surface area contributed by atoms with Crippen LogP contribution in [0.2, 0.25) is 0 Å². The van der Waals surface area contributed by atoms with E-state index in [2.05, 4.69) is 10.3 Å². The Hall–Kier alpha value is -2.14. The molecule has 0 unspecified atom stereocenters. The summed E-state index contributed by atoms with van der Waals surface area (Å²) in [5.41, 5.74) is 2.35. The zero-order valence-corrected chi connectivity index (χ0v) is 10.9. The van der Waals surface area contributed by atoms with Crippen LogP contribution in [0.25, 0.3) is 0 Å². The third-order valence-electron chi connectivity index (χ3n) is 3.01. The van der Waals surface area contributed by atoms with Crippen molar-refractivity contribution >= 4 is 23.8 Å². The van der Waals surface area contributed by atoms with Crippen LogP contribution in [-0.2, 0) is 6.42 Å². The zero-order valence-electron chi connectivity index (χ0n) is 10.1. The smallest absolute Gasteiger partial charge is 0.258 e. The van der Waals surface area contributed by atoms with Gasteiger partial charge in [0.2, 0.25) is 0 Å². The van der Waals surface area contributed by atoms with E-state index < -0.39 is 0 Å². The Morgan fingerprint density at radius 3 is 3.11 bits per heavy atom. The summed E-state index contributed by atoms with van der Waals surface area (Å²) >= 11 is 5.09. The van der Waals surface area contributed by atoms with Gasteiger partial charge in [-0.1, -0.05) is 12.2 Å². The average Bonchev–Trinajstić information content (AvgIpc) is 2.86. The lowest BCUT2D eigenvalue weighted by molar-refractivity contribution is 0.102. The second-order valence-electron chi connectivity index (χ2n) is 4.29. The first-order valence-electron chi connectivity index (χ1n) is 5.99. The fourth-order valence-corrected chi connectivity index (χ4v) is 2.29. The molecular formula is C14H12N2O2S. The minimum absolute atomic E-state index is 0.208. The maximum Gasteiger partial charge on any atom is 0.258 e. The first kappa shape index (κ1) is 11.9. The van der Waals surface area contributed by atoms with Crippen LogP contribution in [0.15, 0.2) is 36.5 Å². The lowest BCUT2D eigenvalue weighted by Crippen LogP contribution is -2.12. The van der Waals surface area contributed by atoms with Crippen LogP contribution in [-0.4, -0.2) is 17.5 Å². The second kappa shape index (κ2) is 4.85. The number of aromatic amines is 1. The van der Waals surface area contributed by atoms with Gasteiger partial charge in [-0.2, -0.15) is 0 Å². The lowest BCUT2D eigenvalue weighted by atomic mass is 10.1. The molecule has 0 spiro atoms. The van der Waals surface area contributed by atoms with Crippen molar-refractivity contribution in [2.45, 2.75) is 6.42 Å². The molecule has 0 aliphatic carbocycles. The normalized spacial score (nSPS) is 12.6. The predicted molar refractivity (Wildman–Crippen MR) is 75.2 cm³/mol. The Morgan fingerprint density at radius 1 is 1.37 bits per heavy atom. The van der Waals surface area contributed by atoms with Gasteiger partial charge < -0.3 is 15.0 Å². The molecule has 2 aromatic rings. The highest BCUT2D eigenvalue weighted by Crippen LogP contribution is 2.27. The SMILES string of the molecule is O=C(Nc1ccc2c(c1)CCO2)c1ccc[nH]c1=S. The highest BCUT2D eigenvalue weighted by atomic mass is 32.1. The molecule has 1 aliphatic heterocycles. The number of carbonyl (C=O) groups excluding carboxylic acids is 1. The first-order valence-corrected chi connectivity index (χ1v) is 6.39. The average molecular weight is 272 g/mol. The number of anilines is 1. The molecule has 0 fully saturated rings.